The van der Waals surface area contributed by atoms with E-state index in [2.05, 4.69) is 10.3 Å². The molecule has 140 valence electrons. The number of halogens is 1. The van der Waals surface area contributed by atoms with E-state index in [1.807, 2.05) is 67.6 Å². The average Bonchev–Trinajstić information content (AvgIpc) is 3.11. The summed E-state index contributed by atoms with van der Waals surface area (Å²) in [7, 11) is 0. The van der Waals surface area contributed by atoms with E-state index in [9.17, 15) is 4.79 Å². The van der Waals surface area contributed by atoms with E-state index in [1.165, 1.54) is 0 Å². The molecule has 0 fully saturated rings. The van der Waals surface area contributed by atoms with Gasteiger partial charge in [0.15, 0.2) is 0 Å². The highest BCUT2D eigenvalue weighted by molar-refractivity contribution is 6.30. The summed E-state index contributed by atoms with van der Waals surface area (Å²) in [5.41, 5.74) is 4.02. The number of carbonyl (C=O) groups is 1. The van der Waals surface area contributed by atoms with Gasteiger partial charge in [0.2, 0.25) is 0 Å². The quantitative estimate of drug-likeness (QED) is 0.518. The molecule has 0 bridgehead atoms. The summed E-state index contributed by atoms with van der Waals surface area (Å²) in [6, 6.07) is 23.2. The Bertz CT molecular complexity index is 1070. The number of carbonyl (C=O) groups excluding carboxylic acids is 1. The van der Waals surface area contributed by atoms with Crippen LogP contribution in [0.2, 0.25) is 5.02 Å². The zero-order chi connectivity index (χ0) is 19.5. The topological polar surface area (TPSA) is 46.4 Å². The van der Waals surface area contributed by atoms with Gasteiger partial charge in [-0.05, 0) is 23.6 Å². The highest BCUT2D eigenvalue weighted by Crippen LogP contribution is 2.24. The number of aryl methyl sites for hydroxylation is 1. The molecule has 0 saturated heterocycles. The van der Waals surface area contributed by atoms with Crippen molar-refractivity contribution in [3.63, 3.8) is 0 Å². The molecule has 0 aliphatic rings. The standard InChI is InChI=1S/C23H20ClN3O/c1-2-19-22(27-14-13-18(24)15-20(27)25-19)23(28)26-21(16-9-5-3-6-10-16)17-11-7-4-8-12-17/h3-15,21H,2H2,1H3,(H,26,28). The second-order valence-electron chi connectivity index (χ2n) is 6.56. The van der Waals surface area contributed by atoms with Crippen LogP contribution in [0.1, 0.15) is 40.3 Å². The molecule has 0 spiro atoms. The fourth-order valence-electron chi connectivity index (χ4n) is 3.41. The Morgan fingerprint density at radius 3 is 2.21 bits per heavy atom. The van der Waals surface area contributed by atoms with Crippen LogP contribution >= 0.6 is 11.6 Å². The third-order valence-electron chi connectivity index (χ3n) is 4.75. The van der Waals surface area contributed by atoms with E-state index < -0.39 is 0 Å². The molecular weight excluding hydrogens is 370 g/mol. The van der Waals surface area contributed by atoms with Crippen LogP contribution in [0.5, 0.6) is 0 Å². The van der Waals surface area contributed by atoms with Crippen LogP contribution in [-0.4, -0.2) is 15.3 Å². The van der Waals surface area contributed by atoms with Crippen LogP contribution in [0.4, 0.5) is 0 Å². The Labute approximate surface area is 168 Å². The Morgan fingerprint density at radius 1 is 1.04 bits per heavy atom. The van der Waals surface area contributed by atoms with E-state index in [0.29, 0.717) is 22.8 Å². The molecule has 1 amide bonds. The van der Waals surface area contributed by atoms with Gasteiger partial charge in [0, 0.05) is 17.3 Å². The number of fused-ring (bicyclic) bond motifs is 1. The number of amides is 1. The van der Waals surface area contributed by atoms with Gasteiger partial charge in [0.25, 0.3) is 5.91 Å². The molecule has 2 heterocycles. The largest absolute Gasteiger partial charge is 0.340 e. The molecule has 2 aromatic heterocycles. The first kappa shape index (κ1) is 18.3. The summed E-state index contributed by atoms with van der Waals surface area (Å²) in [6.07, 6.45) is 2.45. The third-order valence-corrected chi connectivity index (χ3v) is 4.99. The fraction of sp³-hybridized carbons (Fsp3) is 0.130. The number of hydrogen-bond acceptors (Lipinski definition) is 2. The molecule has 0 atom stereocenters. The maximum atomic E-state index is 13.3. The summed E-state index contributed by atoms with van der Waals surface area (Å²) in [4.78, 5) is 17.9. The number of rotatable bonds is 5. The number of hydrogen-bond donors (Lipinski definition) is 1. The smallest absolute Gasteiger partial charge is 0.270 e. The van der Waals surface area contributed by atoms with Gasteiger partial charge in [-0.25, -0.2) is 4.98 Å². The lowest BCUT2D eigenvalue weighted by molar-refractivity contribution is 0.0936. The van der Waals surface area contributed by atoms with Crippen molar-refractivity contribution >= 4 is 23.2 Å². The molecule has 4 aromatic rings. The van der Waals surface area contributed by atoms with Crippen LogP contribution in [0.15, 0.2) is 79.0 Å². The van der Waals surface area contributed by atoms with Gasteiger partial charge >= 0.3 is 0 Å². The zero-order valence-electron chi connectivity index (χ0n) is 15.5. The first-order chi connectivity index (χ1) is 13.7. The van der Waals surface area contributed by atoms with Crippen LogP contribution in [-0.2, 0) is 6.42 Å². The summed E-state index contributed by atoms with van der Waals surface area (Å²) >= 11 is 6.09. The molecule has 0 aliphatic carbocycles. The number of pyridine rings is 1. The van der Waals surface area contributed by atoms with Crippen molar-refractivity contribution in [2.24, 2.45) is 0 Å². The first-order valence-electron chi connectivity index (χ1n) is 9.24. The van der Waals surface area contributed by atoms with E-state index in [4.69, 9.17) is 11.6 Å². The average molecular weight is 390 g/mol. The van der Waals surface area contributed by atoms with Crippen LogP contribution in [0.25, 0.3) is 5.65 Å². The second kappa shape index (κ2) is 7.87. The van der Waals surface area contributed by atoms with E-state index >= 15 is 0 Å². The minimum atomic E-state index is -0.252. The summed E-state index contributed by atoms with van der Waals surface area (Å²) in [5, 5.41) is 3.80. The number of imidazole rings is 1. The Kier molecular flexibility index (Phi) is 5.13. The summed E-state index contributed by atoms with van der Waals surface area (Å²) in [5.74, 6) is -0.163. The molecule has 5 heteroatoms. The van der Waals surface area contributed by atoms with E-state index in [0.717, 1.165) is 16.8 Å². The lowest BCUT2D eigenvalue weighted by atomic mass is 9.98. The molecule has 28 heavy (non-hydrogen) atoms. The Morgan fingerprint density at radius 2 is 1.64 bits per heavy atom. The molecule has 4 nitrogen and oxygen atoms in total. The molecule has 0 saturated carbocycles. The van der Waals surface area contributed by atoms with Crippen molar-refractivity contribution in [1.29, 1.82) is 0 Å². The van der Waals surface area contributed by atoms with Gasteiger partial charge in [-0.2, -0.15) is 0 Å². The fourth-order valence-corrected chi connectivity index (χ4v) is 3.56. The Hall–Kier alpha value is -3.11. The maximum Gasteiger partial charge on any atom is 0.270 e. The molecule has 1 N–H and O–H groups in total. The maximum absolute atomic E-state index is 13.3. The zero-order valence-corrected chi connectivity index (χ0v) is 16.2. The molecule has 0 radical (unpaired) electrons. The molecule has 2 aromatic carbocycles. The molecular formula is C23H20ClN3O. The van der Waals surface area contributed by atoms with Gasteiger partial charge in [-0.1, -0.05) is 79.2 Å². The number of nitrogens with one attached hydrogen (secondary N) is 1. The van der Waals surface area contributed by atoms with Crippen LogP contribution < -0.4 is 5.32 Å². The third kappa shape index (κ3) is 3.51. The lowest BCUT2D eigenvalue weighted by Crippen LogP contribution is -2.31. The molecule has 0 aliphatic heterocycles. The minimum absolute atomic E-state index is 0.163. The van der Waals surface area contributed by atoms with Gasteiger partial charge in [0.1, 0.15) is 11.3 Å². The highest BCUT2D eigenvalue weighted by atomic mass is 35.5. The van der Waals surface area contributed by atoms with Crippen molar-refractivity contribution < 1.29 is 4.79 Å². The van der Waals surface area contributed by atoms with E-state index in [-0.39, 0.29) is 11.9 Å². The van der Waals surface area contributed by atoms with Gasteiger partial charge in [-0.3, -0.25) is 9.20 Å². The monoisotopic (exact) mass is 389 g/mol. The van der Waals surface area contributed by atoms with Crippen LogP contribution in [0, 0.1) is 0 Å². The molecule has 4 rings (SSSR count). The first-order valence-corrected chi connectivity index (χ1v) is 9.62. The second-order valence-corrected chi connectivity index (χ2v) is 7.00. The predicted molar refractivity (Wildman–Crippen MR) is 112 cm³/mol. The van der Waals surface area contributed by atoms with Gasteiger partial charge < -0.3 is 5.32 Å². The SMILES string of the molecule is CCc1nc2cc(Cl)ccn2c1C(=O)NC(c1ccccc1)c1ccccc1. The van der Waals surface area contributed by atoms with E-state index in [1.54, 1.807) is 22.7 Å². The number of benzene rings is 2. The van der Waals surface area contributed by atoms with Crippen molar-refractivity contribution in [1.82, 2.24) is 14.7 Å². The number of nitrogens with zero attached hydrogens (tertiary/aromatic N) is 2. The highest BCUT2D eigenvalue weighted by Gasteiger charge is 2.23. The van der Waals surface area contributed by atoms with Crippen molar-refractivity contribution in [3.05, 3.63) is 107 Å². The van der Waals surface area contributed by atoms with Crippen molar-refractivity contribution in [3.8, 4) is 0 Å². The number of aromatic nitrogens is 2. The minimum Gasteiger partial charge on any atom is -0.340 e. The van der Waals surface area contributed by atoms with Crippen molar-refractivity contribution in [2.75, 3.05) is 0 Å². The van der Waals surface area contributed by atoms with Gasteiger partial charge in [-0.15, -0.1) is 0 Å². The summed E-state index contributed by atoms with van der Waals surface area (Å²) < 4.78 is 1.80. The van der Waals surface area contributed by atoms with Crippen LogP contribution in [0.3, 0.4) is 0 Å². The predicted octanol–water partition coefficient (Wildman–Crippen LogP) is 5.07. The lowest BCUT2D eigenvalue weighted by Gasteiger charge is -2.20. The van der Waals surface area contributed by atoms with Crippen molar-refractivity contribution in [2.45, 2.75) is 19.4 Å². The summed E-state index contributed by atoms with van der Waals surface area (Å²) in [6.45, 7) is 1.99. The molecule has 0 unspecified atom stereocenters. The van der Waals surface area contributed by atoms with Gasteiger partial charge in [0.05, 0.1) is 11.7 Å². The normalized spacial score (nSPS) is 11.1. The Balaban J connectivity index is 1.76.